The van der Waals surface area contributed by atoms with E-state index >= 15 is 0 Å². The zero-order valence-corrected chi connectivity index (χ0v) is 15.5. The van der Waals surface area contributed by atoms with Gasteiger partial charge in [-0.2, -0.15) is 5.26 Å². The van der Waals surface area contributed by atoms with Gasteiger partial charge in [0.2, 0.25) is 0 Å². The molecule has 0 aliphatic heterocycles. The van der Waals surface area contributed by atoms with E-state index < -0.39 is 5.91 Å². The van der Waals surface area contributed by atoms with E-state index in [1.165, 1.54) is 6.08 Å². The lowest BCUT2D eigenvalue weighted by Crippen LogP contribution is -2.14. The molecule has 0 aromatic heterocycles. The maximum Gasteiger partial charge on any atom is 0.266 e. The number of amides is 1. The molecule has 0 bridgehead atoms. The number of hydrogen-bond donors (Lipinski definition) is 1. The second-order valence-corrected chi connectivity index (χ2v) is 6.28. The van der Waals surface area contributed by atoms with Crippen LogP contribution in [0.3, 0.4) is 0 Å². The van der Waals surface area contributed by atoms with Crippen LogP contribution in [0.4, 0.5) is 5.69 Å². The van der Waals surface area contributed by atoms with Crippen molar-refractivity contribution in [2.75, 3.05) is 12.4 Å². The molecule has 2 rings (SSSR count). The third-order valence-corrected chi connectivity index (χ3v) is 4.30. The molecular weight excluding hydrogens is 415 g/mol. The highest BCUT2D eigenvalue weighted by Gasteiger charge is 2.14. The van der Waals surface area contributed by atoms with E-state index in [4.69, 9.17) is 27.9 Å². The fourth-order valence-corrected chi connectivity index (χ4v) is 2.94. The Morgan fingerprint density at radius 2 is 1.96 bits per heavy atom. The van der Waals surface area contributed by atoms with Crippen LogP contribution in [-0.4, -0.2) is 13.0 Å². The molecule has 2 aromatic carbocycles. The lowest BCUT2D eigenvalue weighted by Gasteiger charge is -2.08. The van der Waals surface area contributed by atoms with Gasteiger partial charge in [0.15, 0.2) is 0 Å². The Morgan fingerprint density at radius 1 is 1.29 bits per heavy atom. The monoisotopic (exact) mass is 424 g/mol. The highest BCUT2D eigenvalue weighted by atomic mass is 79.9. The van der Waals surface area contributed by atoms with E-state index in [1.807, 2.05) is 6.07 Å². The smallest absolute Gasteiger partial charge is 0.266 e. The molecule has 0 heterocycles. The second kappa shape index (κ2) is 8.20. The quantitative estimate of drug-likeness (QED) is 0.533. The summed E-state index contributed by atoms with van der Waals surface area (Å²) in [6.45, 7) is 0. The molecule has 122 valence electrons. The fourth-order valence-electron chi connectivity index (χ4n) is 1.89. The molecular formula is C17H11BrCl2N2O2. The molecule has 0 radical (unpaired) electrons. The highest BCUT2D eigenvalue weighted by molar-refractivity contribution is 9.10. The summed E-state index contributed by atoms with van der Waals surface area (Å²) >= 11 is 15.4. The van der Waals surface area contributed by atoms with Gasteiger partial charge in [0.05, 0.1) is 27.3 Å². The Hall–Kier alpha value is -2.00. The average molecular weight is 426 g/mol. The van der Waals surface area contributed by atoms with Gasteiger partial charge in [0.25, 0.3) is 5.91 Å². The van der Waals surface area contributed by atoms with Gasteiger partial charge in [-0.25, -0.2) is 0 Å². The Kier molecular flexibility index (Phi) is 6.27. The lowest BCUT2D eigenvalue weighted by molar-refractivity contribution is -0.112. The molecule has 0 saturated heterocycles. The van der Waals surface area contributed by atoms with Gasteiger partial charge >= 0.3 is 0 Å². The van der Waals surface area contributed by atoms with Gasteiger partial charge in [-0.1, -0.05) is 35.3 Å². The van der Waals surface area contributed by atoms with Crippen molar-refractivity contribution in [1.29, 1.82) is 5.26 Å². The fraction of sp³-hybridized carbons (Fsp3) is 0.0588. The second-order valence-electron chi connectivity index (χ2n) is 4.61. The van der Waals surface area contributed by atoms with E-state index in [0.29, 0.717) is 25.8 Å². The number of benzene rings is 2. The molecule has 24 heavy (non-hydrogen) atoms. The number of nitrogens with one attached hydrogen (secondary N) is 1. The van der Waals surface area contributed by atoms with Crippen molar-refractivity contribution in [3.63, 3.8) is 0 Å². The number of methoxy groups -OCH3 is 1. The minimum absolute atomic E-state index is 0.0805. The number of hydrogen-bond acceptors (Lipinski definition) is 3. The molecule has 0 aliphatic rings. The van der Waals surface area contributed by atoms with Gasteiger partial charge in [-0.15, -0.1) is 0 Å². The summed E-state index contributed by atoms with van der Waals surface area (Å²) in [4.78, 5) is 12.3. The standard InChI is InChI=1S/C17H11BrCl2N2O2/c1-24-15-6-5-10(8-12(15)18)7-11(9-21)17(23)22-16-13(19)3-2-4-14(16)20/h2-8H,1H3,(H,22,23)/b11-7+. The Morgan fingerprint density at radius 3 is 2.50 bits per heavy atom. The molecule has 1 N–H and O–H groups in total. The van der Waals surface area contributed by atoms with Gasteiger partial charge in [0.1, 0.15) is 17.4 Å². The number of rotatable bonds is 4. The van der Waals surface area contributed by atoms with Crippen molar-refractivity contribution >= 4 is 56.8 Å². The minimum Gasteiger partial charge on any atom is -0.496 e. The Labute approximate surface area is 157 Å². The van der Waals surface area contributed by atoms with Crippen molar-refractivity contribution in [1.82, 2.24) is 0 Å². The molecule has 0 spiro atoms. The predicted molar refractivity (Wildman–Crippen MR) is 99.4 cm³/mol. The zero-order valence-electron chi connectivity index (χ0n) is 12.4. The lowest BCUT2D eigenvalue weighted by atomic mass is 10.1. The van der Waals surface area contributed by atoms with E-state index in [1.54, 1.807) is 43.5 Å². The molecule has 0 unspecified atom stereocenters. The summed E-state index contributed by atoms with van der Waals surface area (Å²) in [6, 6.07) is 11.9. The van der Waals surface area contributed by atoms with E-state index in [9.17, 15) is 10.1 Å². The van der Waals surface area contributed by atoms with Gasteiger partial charge in [0, 0.05) is 0 Å². The summed E-state index contributed by atoms with van der Waals surface area (Å²) in [5.41, 5.74) is 0.852. The number of anilines is 1. The van der Waals surface area contributed by atoms with Crippen molar-refractivity contribution in [2.24, 2.45) is 0 Å². The molecule has 2 aromatic rings. The number of para-hydroxylation sites is 1. The molecule has 1 amide bonds. The SMILES string of the molecule is COc1ccc(/C=C(\C#N)C(=O)Nc2c(Cl)cccc2Cl)cc1Br. The van der Waals surface area contributed by atoms with Crippen LogP contribution in [0.5, 0.6) is 5.75 Å². The van der Waals surface area contributed by atoms with Crippen LogP contribution >= 0.6 is 39.1 Å². The van der Waals surface area contributed by atoms with E-state index in [-0.39, 0.29) is 11.3 Å². The number of carbonyl (C=O) groups excluding carboxylic acids is 1. The van der Waals surface area contributed by atoms with Gasteiger partial charge in [-0.3, -0.25) is 4.79 Å². The maximum absolute atomic E-state index is 12.3. The third kappa shape index (κ3) is 4.30. The minimum atomic E-state index is -0.598. The summed E-state index contributed by atoms with van der Waals surface area (Å²) in [6.07, 6.45) is 1.46. The van der Waals surface area contributed by atoms with Crippen LogP contribution in [0.25, 0.3) is 6.08 Å². The molecule has 0 aliphatic carbocycles. The van der Waals surface area contributed by atoms with Crippen molar-refractivity contribution < 1.29 is 9.53 Å². The first-order valence-electron chi connectivity index (χ1n) is 6.67. The predicted octanol–water partition coefficient (Wildman–Crippen LogP) is 5.31. The van der Waals surface area contributed by atoms with Gasteiger partial charge < -0.3 is 10.1 Å². The number of nitrogens with zero attached hydrogens (tertiary/aromatic N) is 1. The van der Waals surface area contributed by atoms with E-state index in [2.05, 4.69) is 21.2 Å². The van der Waals surface area contributed by atoms with Gasteiger partial charge in [-0.05, 0) is 51.8 Å². The van der Waals surface area contributed by atoms with Crippen LogP contribution in [0.2, 0.25) is 10.0 Å². The van der Waals surface area contributed by atoms with Crippen LogP contribution in [-0.2, 0) is 4.79 Å². The maximum atomic E-state index is 12.3. The summed E-state index contributed by atoms with van der Waals surface area (Å²) < 4.78 is 5.86. The summed E-state index contributed by atoms with van der Waals surface area (Å²) in [5, 5.41) is 12.4. The number of carbonyl (C=O) groups is 1. The zero-order chi connectivity index (χ0) is 17.7. The summed E-state index contributed by atoms with van der Waals surface area (Å²) in [7, 11) is 1.55. The largest absolute Gasteiger partial charge is 0.496 e. The topological polar surface area (TPSA) is 62.1 Å². The first-order chi connectivity index (χ1) is 11.5. The normalized spacial score (nSPS) is 10.9. The number of ether oxygens (including phenoxy) is 1. The van der Waals surface area contributed by atoms with Crippen LogP contribution in [0.1, 0.15) is 5.56 Å². The van der Waals surface area contributed by atoms with Crippen molar-refractivity contribution in [2.45, 2.75) is 0 Å². The van der Waals surface area contributed by atoms with E-state index in [0.717, 1.165) is 0 Å². The van der Waals surface area contributed by atoms with Crippen LogP contribution in [0, 0.1) is 11.3 Å². The number of halogens is 3. The van der Waals surface area contributed by atoms with Crippen molar-refractivity contribution in [3.05, 3.63) is 62.1 Å². The third-order valence-electron chi connectivity index (χ3n) is 3.05. The molecule has 0 saturated carbocycles. The Bertz CT molecular complexity index is 840. The molecule has 0 atom stereocenters. The van der Waals surface area contributed by atoms with Crippen molar-refractivity contribution in [3.8, 4) is 11.8 Å². The molecule has 4 nitrogen and oxygen atoms in total. The molecule has 7 heteroatoms. The first kappa shape index (κ1) is 18.3. The number of nitriles is 1. The Balaban J connectivity index is 2.29. The first-order valence-corrected chi connectivity index (χ1v) is 8.22. The highest BCUT2D eigenvalue weighted by Crippen LogP contribution is 2.30. The van der Waals surface area contributed by atoms with Crippen LogP contribution in [0.15, 0.2) is 46.4 Å². The summed E-state index contributed by atoms with van der Waals surface area (Å²) in [5.74, 6) is 0.0531. The molecule has 0 fully saturated rings. The van der Waals surface area contributed by atoms with Crippen LogP contribution < -0.4 is 10.1 Å². The average Bonchev–Trinajstić information content (AvgIpc) is 2.56.